The predicted octanol–water partition coefficient (Wildman–Crippen LogP) is 3.91. The van der Waals surface area contributed by atoms with E-state index in [0.29, 0.717) is 17.8 Å². The van der Waals surface area contributed by atoms with Gasteiger partial charge in [-0.2, -0.15) is 0 Å². The first kappa shape index (κ1) is 23.8. The summed E-state index contributed by atoms with van der Waals surface area (Å²) in [6, 6.07) is 13.3. The van der Waals surface area contributed by atoms with Crippen LogP contribution in [0.25, 0.3) is 21.7 Å². The molecule has 0 aliphatic carbocycles. The van der Waals surface area contributed by atoms with Crippen LogP contribution < -0.4 is 10.2 Å². The molecule has 184 valence electrons. The summed E-state index contributed by atoms with van der Waals surface area (Å²) >= 11 is 1.69. The van der Waals surface area contributed by atoms with E-state index in [-0.39, 0.29) is 17.7 Å². The monoisotopic (exact) mass is 492 g/mol. The predicted molar refractivity (Wildman–Crippen MR) is 140 cm³/mol. The Morgan fingerprint density at radius 2 is 2.03 bits per heavy atom. The van der Waals surface area contributed by atoms with E-state index >= 15 is 0 Å². The van der Waals surface area contributed by atoms with Crippen LogP contribution in [0.3, 0.4) is 0 Å². The molecule has 8 heteroatoms. The van der Waals surface area contributed by atoms with E-state index in [0.717, 1.165) is 63.6 Å². The standard InChI is InChI=1S/C27H32N4O3S/c1-19-8-16-35-26(19)20-17-22(21-5-2-3-7-24(21)32)29-25(18-20)31-10-4-6-23(31)27(33)28-9-11-30-12-14-34-15-13-30/h2-3,5,7-8,16-18,23,32H,4,6,9-15H2,1H3,(H,28,33)/t23-/m0/s1. The summed E-state index contributed by atoms with van der Waals surface area (Å²) in [6.45, 7) is 7.70. The van der Waals surface area contributed by atoms with Crippen LogP contribution in [-0.4, -0.2) is 72.9 Å². The minimum atomic E-state index is -0.246. The smallest absolute Gasteiger partial charge is 0.242 e. The number of aromatic nitrogens is 1. The van der Waals surface area contributed by atoms with Crippen LogP contribution in [0.2, 0.25) is 0 Å². The van der Waals surface area contributed by atoms with Gasteiger partial charge in [0.2, 0.25) is 5.91 Å². The van der Waals surface area contributed by atoms with E-state index in [1.54, 1.807) is 17.4 Å². The van der Waals surface area contributed by atoms with Crippen molar-refractivity contribution in [3.8, 4) is 27.4 Å². The molecule has 0 spiro atoms. The molecule has 2 aromatic heterocycles. The number of aromatic hydroxyl groups is 1. The molecular weight excluding hydrogens is 460 g/mol. The molecule has 1 amide bonds. The van der Waals surface area contributed by atoms with Gasteiger partial charge < -0.3 is 20.1 Å². The number of amides is 1. The van der Waals surface area contributed by atoms with Crippen molar-refractivity contribution in [3.63, 3.8) is 0 Å². The van der Waals surface area contributed by atoms with Crippen molar-refractivity contribution in [2.75, 3.05) is 50.8 Å². The SMILES string of the molecule is Cc1ccsc1-c1cc(-c2ccccc2O)nc(N2CCC[C@H]2C(=O)NCCN2CCOCC2)c1. The fourth-order valence-electron chi connectivity index (χ4n) is 4.88. The zero-order valence-corrected chi connectivity index (χ0v) is 20.9. The van der Waals surface area contributed by atoms with Crippen molar-refractivity contribution in [2.45, 2.75) is 25.8 Å². The first-order chi connectivity index (χ1) is 17.1. The second-order valence-corrected chi connectivity index (χ2v) is 10.1. The highest BCUT2D eigenvalue weighted by atomic mass is 32.1. The molecule has 0 bridgehead atoms. The number of benzene rings is 1. The summed E-state index contributed by atoms with van der Waals surface area (Å²) in [5.74, 6) is 1.03. The second-order valence-electron chi connectivity index (χ2n) is 9.15. The molecular formula is C27H32N4O3S. The van der Waals surface area contributed by atoms with Gasteiger partial charge in [-0.05, 0) is 66.6 Å². The number of aryl methyl sites for hydroxylation is 1. The number of rotatable bonds is 7. The van der Waals surface area contributed by atoms with Crippen LogP contribution in [0.5, 0.6) is 5.75 Å². The van der Waals surface area contributed by atoms with E-state index in [1.165, 1.54) is 10.4 Å². The van der Waals surface area contributed by atoms with Crippen molar-refractivity contribution in [1.82, 2.24) is 15.2 Å². The fourth-order valence-corrected chi connectivity index (χ4v) is 5.80. The van der Waals surface area contributed by atoms with Gasteiger partial charge in [0, 0.05) is 43.2 Å². The van der Waals surface area contributed by atoms with Gasteiger partial charge in [0.25, 0.3) is 0 Å². The van der Waals surface area contributed by atoms with Gasteiger partial charge in [-0.1, -0.05) is 12.1 Å². The number of morpholine rings is 1. The topological polar surface area (TPSA) is 77.9 Å². The molecule has 1 aromatic carbocycles. The number of hydrogen-bond acceptors (Lipinski definition) is 7. The number of nitrogens with zero attached hydrogens (tertiary/aromatic N) is 3. The van der Waals surface area contributed by atoms with Crippen molar-refractivity contribution in [2.24, 2.45) is 0 Å². The molecule has 0 saturated carbocycles. The Balaban J connectivity index is 1.40. The number of carbonyl (C=O) groups is 1. The molecule has 2 aliphatic rings. The van der Waals surface area contributed by atoms with E-state index in [4.69, 9.17) is 9.72 Å². The van der Waals surface area contributed by atoms with Crippen LogP contribution in [0.1, 0.15) is 18.4 Å². The zero-order chi connectivity index (χ0) is 24.2. The van der Waals surface area contributed by atoms with Gasteiger partial charge >= 0.3 is 0 Å². The molecule has 2 N–H and O–H groups in total. The minimum absolute atomic E-state index is 0.0550. The number of nitrogens with one attached hydrogen (secondary N) is 1. The zero-order valence-electron chi connectivity index (χ0n) is 20.1. The average molecular weight is 493 g/mol. The Kier molecular flexibility index (Phi) is 7.32. The largest absolute Gasteiger partial charge is 0.507 e. The second kappa shape index (κ2) is 10.8. The molecule has 3 aromatic rings. The van der Waals surface area contributed by atoms with Gasteiger partial charge in [0.1, 0.15) is 17.6 Å². The summed E-state index contributed by atoms with van der Waals surface area (Å²) in [5, 5.41) is 15.8. The van der Waals surface area contributed by atoms with Gasteiger partial charge in [-0.25, -0.2) is 4.98 Å². The first-order valence-corrected chi connectivity index (χ1v) is 13.2. The van der Waals surface area contributed by atoms with Gasteiger partial charge in [0.15, 0.2) is 0 Å². The number of thiophene rings is 1. The number of pyridine rings is 1. The molecule has 0 unspecified atom stereocenters. The summed E-state index contributed by atoms with van der Waals surface area (Å²) < 4.78 is 5.41. The minimum Gasteiger partial charge on any atom is -0.507 e. The highest BCUT2D eigenvalue weighted by molar-refractivity contribution is 7.13. The summed E-state index contributed by atoms with van der Waals surface area (Å²) in [4.78, 5) is 23.8. The van der Waals surface area contributed by atoms with E-state index in [2.05, 4.69) is 39.6 Å². The van der Waals surface area contributed by atoms with Crippen molar-refractivity contribution in [1.29, 1.82) is 0 Å². The third-order valence-corrected chi connectivity index (χ3v) is 7.86. The third kappa shape index (κ3) is 5.34. The van der Waals surface area contributed by atoms with E-state index in [9.17, 15) is 9.90 Å². The number of phenols is 1. The average Bonchev–Trinajstić information content (AvgIpc) is 3.54. The number of hydrogen-bond donors (Lipinski definition) is 2. The number of phenolic OH excluding ortho intramolecular Hbond substituents is 1. The van der Waals surface area contributed by atoms with Gasteiger partial charge in [-0.3, -0.25) is 9.69 Å². The normalized spacial score (nSPS) is 18.7. The maximum atomic E-state index is 13.2. The van der Waals surface area contributed by atoms with Crippen LogP contribution in [0.4, 0.5) is 5.82 Å². The molecule has 35 heavy (non-hydrogen) atoms. The Hall–Kier alpha value is -2.94. The molecule has 1 atom stereocenters. The highest BCUT2D eigenvalue weighted by Gasteiger charge is 2.32. The summed E-state index contributed by atoms with van der Waals surface area (Å²) in [7, 11) is 0. The maximum Gasteiger partial charge on any atom is 0.242 e. The fraction of sp³-hybridized carbons (Fsp3) is 0.407. The van der Waals surface area contributed by atoms with Gasteiger partial charge in [-0.15, -0.1) is 11.3 Å². The summed E-state index contributed by atoms with van der Waals surface area (Å²) in [5.41, 5.74) is 3.66. The van der Waals surface area contributed by atoms with Crippen LogP contribution >= 0.6 is 11.3 Å². The van der Waals surface area contributed by atoms with Crippen LogP contribution in [0.15, 0.2) is 47.8 Å². The Labute approximate surface area is 210 Å². The van der Waals surface area contributed by atoms with Crippen molar-refractivity contribution >= 4 is 23.1 Å². The Morgan fingerprint density at radius 1 is 1.20 bits per heavy atom. The number of para-hydroxylation sites is 1. The molecule has 0 radical (unpaired) electrons. The van der Waals surface area contributed by atoms with Crippen molar-refractivity contribution in [3.05, 3.63) is 53.4 Å². The number of anilines is 1. The number of carbonyl (C=O) groups excluding carboxylic acids is 1. The molecule has 5 rings (SSSR count). The van der Waals surface area contributed by atoms with Gasteiger partial charge in [0.05, 0.1) is 18.9 Å². The third-order valence-electron chi connectivity index (χ3n) is 6.80. The summed E-state index contributed by atoms with van der Waals surface area (Å²) in [6.07, 6.45) is 1.75. The van der Waals surface area contributed by atoms with Crippen molar-refractivity contribution < 1.29 is 14.6 Å². The van der Waals surface area contributed by atoms with E-state index in [1.807, 2.05) is 24.3 Å². The Bertz CT molecular complexity index is 1170. The van der Waals surface area contributed by atoms with Crippen LogP contribution in [-0.2, 0) is 9.53 Å². The lowest BCUT2D eigenvalue weighted by Crippen LogP contribution is -2.47. The number of ether oxygens (including phenoxy) is 1. The molecule has 7 nitrogen and oxygen atoms in total. The first-order valence-electron chi connectivity index (χ1n) is 12.3. The quantitative estimate of drug-likeness (QED) is 0.521. The Morgan fingerprint density at radius 3 is 2.80 bits per heavy atom. The lowest BCUT2D eigenvalue weighted by molar-refractivity contribution is -0.122. The highest BCUT2D eigenvalue weighted by Crippen LogP contribution is 2.37. The molecule has 2 saturated heterocycles. The molecule has 4 heterocycles. The lowest BCUT2D eigenvalue weighted by atomic mass is 10.1. The molecule has 2 aliphatic heterocycles. The van der Waals surface area contributed by atoms with Crippen LogP contribution in [0, 0.1) is 6.92 Å². The maximum absolute atomic E-state index is 13.2. The molecule has 2 fully saturated rings. The van der Waals surface area contributed by atoms with E-state index < -0.39 is 0 Å². The lowest BCUT2D eigenvalue weighted by Gasteiger charge is -2.28.